The van der Waals surface area contributed by atoms with E-state index in [1.165, 1.54) is 0 Å². The van der Waals surface area contributed by atoms with Crippen LogP contribution in [0.5, 0.6) is 0 Å². The Balaban J connectivity index is 2.25. The fourth-order valence-electron chi connectivity index (χ4n) is 1.50. The van der Waals surface area contributed by atoms with Gasteiger partial charge in [-0.25, -0.2) is 4.98 Å². The second kappa shape index (κ2) is 7.24. The Morgan fingerprint density at radius 3 is 2.80 bits per heavy atom. The molecule has 0 spiro atoms. The van der Waals surface area contributed by atoms with Crippen molar-refractivity contribution in [2.24, 2.45) is 0 Å². The van der Waals surface area contributed by atoms with E-state index >= 15 is 0 Å². The number of aromatic nitrogens is 2. The third-order valence-electron chi connectivity index (χ3n) is 2.46. The topological polar surface area (TPSA) is 49.8 Å². The van der Waals surface area contributed by atoms with E-state index in [0.717, 1.165) is 27.6 Å². The van der Waals surface area contributed by atoms with E-state index in [9.17, 15) is 0 Å². The summed E-state index contributed by atoms with van der Waals surface area (Å²) in [6, 6.07) is 5.54. The molecule has 0 saturated heterocycles. The van der Waals surface area contributed by atoms with Crippen molar-refractivity contribution in [3.8, 4) is 0 Å². The minimum absolute atomic E-state index is 0.593. The van der Waals surface area contributed by atoms with Crippen molar-refractivity contribution in [2.45, 2.75) is 13.3 Å². The zero-order valence-electron chi connectivity index (χ0n) is 10.8. The number of rotatable bonds is 5. The first-order chi connectivity index (χ1) is 9.60. The average molecular weight is 421 g/mol. The molecule has 0 unspecified atom stereocenters. The Bertz CT molecular complexity index is 607. The van der Waals surface area contributed by atoms with Crippen molar-refractivity contribution in [3.63, 3.8) is 0 Å². The van der Waals surface area contributed by atoms with E-state index < -0.39 is 0 Å². The van der Waals surface area contributed by atoms with Crippen molar-refractivity contribution >= 4 is 60.9 Å². The van der Waals surface area contributed by atoms with E-state index in [1.54, 1.807) is 6.20 Å². The number of hydrogen-bond acceptors (Lipinski definition) is 4. The highest BCUT2D eigenvalue weighted by atomic mass is 79.9. The van der Waals surface area contributed by atoms with E-state index in [4.69, 9.17) is 11.6 Å². The fourth-order valence-corrected chi connectivity index (χ4v) is 2.31. The molecule has 0 aliphatic rings. The number of anilines is 3. The Kier molecular flexibility index (Phi) is 5.63. The first kappa shape index (κ1) is 15.5. The summed E-state index contributed by atoms with van der Waals surface area (Å²) >= 11 is 12.9. The molecule has 4 nitrogen and oxygen atoms in total. The molecular formula is C13H13Br2ClN4. The van der Waals surface area contributed by atoms with Gasteiger partial charge in [0.1, 0.15) is 5.82 Å². The Morgan fingerprint density at radius 2 is 2.05 bits per heavy atom. The number of benzene rings is 1. The average Bonchev–Trinajstić information content (AvgIpc) is 2.43. The van der Waals surface area contributed by atoms with Crippen molar-refractivity contribution in [1.29, 1.82) is 0 Å². The van der Waals surface area contributed by atoms with Gasteiger partial charge in [0.05, 0.1) is 10.2 Å². The molecule has 20 heavy (non-hydrogen) atoms. The molecule has 0 fully saturated rings. The highest BCUT2D eigenvalue weighted by Crippen LogP contribution is 2.31. The van der Waals surface area contributed by atoms with Gasteiger partial charge >= 0.3 is 0 Å². The molecule has 1 heterocycles. The quantitative estimate of drug-likeness (QED) is 0.696. The van der Waals surface area contributed by atoms with Crippen LogP contribution in [0, 0.1) is 0 Å². The Morgan fingerprint density at radius 1 is 1.25 bits per heavy atom. The molecule has 0 radical (unpaired) electrons. The van der Waals surface area contributed by atoms with Crippen molar-refractivity contribution < 1.29 is 0 Å². The standard InChI is InChI=1S/C13H13Br2ClN4/c1-2-5-17-13-18-7-10(15)12(20-13)19-11-6-8(16)3-4-9(11)14/h3-4,6-7H,2,5H2,1H3,(H2,17,18,19,20). The first-order valence-corrected chi connectivity index (χ1v) is 8.05. The van der Waals surface area contributed by atoms with Crippen LogP contribution in [-0.4, -0.2) is 16.5 Å². The van der Waals surface area contributed by atoms with Crippen LogP contribution in [0.3, 0.4) is 0 Å². The van der Waals surface area contributed by atoms with E-state index in [0.29, 0.717) is 16.8 Å². The van der Waals surface area contributed by atoms with Crippen LogP contribution < -0.4 is 10.6 Å². The van der Waals surface area contributed by atoms with Gasteiger partial charge in [0.15, 0.2) is 0 Å². The molecule has 7 heteroatoms. The lowest BCUT2D eigenvalue weighted by Crippen LogP contribution is -2.06. The van der Waals surface area contributed by atoms with Crippen LogP contribution >= 0.6 is 43.5 Å². The summed E-state index contributed by atoms with van der Waals surface area (Å²) in [4.78, 5) is 8.64. The summed E-state index contributed by atoms with van der Waals surface area (Å²) in [5.41, 5.74) is 0.846. The van der Waals surface area contributed by atoms with Gasteiger partial charge in [-0.15, -0.1) is 0 Å². The van der Waals surface area contributed by atoms with Gasteiger partial charge in [-0.2, -0.15) is 4.98 Å². The highest BCUT2D eigenvalue weighted by Gasteiger charge is 2.08. The van der Waals surface area contributed by atoms with Crippen LogP contribution in [0.15, 0.2) is 33.3 Å². The van der Waals surface area contributed by atoms with Gasteiger partial charge in [-0.05, 0) is 56.5 Å². The maximum absolute atomic E-state index is 6.00. The van der Waals surface area contributed by atoms with Crippen molar-refractivity contribution in [2.75, 3.05) is 17.2 Å². The molecule has 2 N–H and O–H groups in total. The molecule has 0 aliphatic carbocycles. The third kappa shape index (κ3) is 4.07. The fraction of sp³-hybridized carbons (Fsp3) is 0.231. The molecule has 2 rings (SSSR count). The lowest BCUT2D eigenvalue weighted by Gasteiger charge is -2.11. The molecule has 0 aliphatic heterocycles. The van der Waals surface area contributed by atoms with Crippen molar-refractivity contribution in [3.05, 3.63) is 38.4 Å². The summed E-state index contributed by atoms with van der Waals surface area (Å²) in [6.45, 7) is 2.93. The minimum Gasteiger partial charge on any atom is -0.354 e. The van der Waals surface area contributed by atoms with E-state index in [2.05, 4.69) is 59.4 Å². The predicted molar refractivity (Wildman–Crippen MR) is 90.9 cm³/mol. The molecule has 0 bridgehead atoms. The van der Waals surface area contributed by atoms with Gasteiger partial charge in [0.25, 0.3) is 0 Å². The minimum atomic E-state index is 0.593. The summed E-state index contributed by atoms with van der Waals surface area (Å²) in [5.74, 6) is 1.28. The van der Waals surface area contributed by atoms with E-state index in [-0.39, 0.29) is 0 Å². The largest absolute Gasteiger partial charge is 0.354 e. The molecule has 0 saturated carbocycles. The Hall–Kier alpha value is -0.850. The number of hydrogen-bond donors (Lipinski definition) is 2. The normalized spacial score (nSPS) is 10.4. The second-order valence-corrected chi connectivity index (χ2v) is 6.21. The molecule has 0 amide bonds. The van der Waals surface area contributed by atoms with Crippen LogP contribution in [0.1, 0.15) is 13.3 Å². The van der Waals surface area contributed by atoms with Crippen LogP contribution in [0.25, 0.3) is 0 Å². The molecule has 1 aromatic carbocycles. The van der Waals surface area contributed by atoms with Gasteiger partial charge in [0.2, 0.25) is 5.95 Å². The first-order valence-electron chi connectivity index (χ1n) is 6.08. The summed E-state index contributed by atoms with van der Waals surface area (Å²) in [6.07, 6.45) is 2.73. The van der Waals surface area contributed by atoms with Crippen molar-refractivity contribution in [1.82, 2.24) is 9.97 Å². The zero-order chi connectivity index (χ0) is 14.5. The van der Waals surface area contributed by atoms with Gasteiger partial charge in [0, 0.05) is 22.2 Å². The molecule has 1 aromatic heterocycles. The summed E-state index contributed by atoms with van der Waals surface area (Å²) in [5, 5.41) is 7.04. The predicted octanol–water partition coefficient (Wildman–Crippen LogP) is 5.22. The number of nitrogens with one attached hydrogen (secondary N) is 2. The highest BCUT2D eigenvalue weighted by molar-refractivity contribution is 9.11. The molecule has 2 aromatic rings. The monoisotopic (exact) mass is 418 g/mol. The Labute approximate surface area is 139 Å². The number of nitrogens with zero attached hydrogens (tertiary/aromatic N) is 2. The SMILES string of the molecule is CCCNc1ncc(Br)c(Nc2cc(Cl)ccc2Br)n1. The lowest BCUT2D eigenvalue weighted by molar-refractivity contribution is 0.952. The lowest BCUT2D eigenvalue weighted by atomic mass is 10.3. The maximum Gasteiger partial charge on any atom is 0.224 e. The molecule has 106 valence electrons. The zero-order valence-corrected chi connectivity index (χ0v) is 14.7. The third-order valence-corrected chi connectivity index (χ3v) is 3.97. The van der Waals surface area contributed by atoms with Gasteiger partial charge in [-0.1, -0.05) is 18.5 Å². The number of halogens is 3. The molecular weight excluding hydrogens is 407 g/mol. The smallest absolute Gasteiger partial charge is 0.224 e. The summed E-state index contributed by atoms with van der Waals surface area (Å²) in [7, 11) is 0. The van der Waals surface area contributed by atoms with Gasteiger partial charge in [-0.3, -0.25) is 0 Å². The van der Waals surface area contributed by atoms with E-state index in [1.807, 2.05) is 18.2 Å². The summed E-state index contributed by atoms with van der Waals surface area (Å²) < 4.78 is 1.70. The molecule has 0 atom stereocenters. The van der Waals surface area contributed by atoms with Crippen LogP contribution in [0.2, 0.25) is 5.02 Å². The van der Waals surface area contributed by atoms with Crippen LogP contribution in [0.4, 0.5) is 17.5 Å². The second-order valence-electron chi connectivity index (χ2n) is 4.07. The maximum atomic E-state index is 6.00. The van der Waals surface area contributed by atoms with Gasteiger partial charge < -0.3 is 10.6 Å². The van der Waals surface area contributed by atoms with Crippen LogP contribution in [-0.2, 0) is 0 Å².